The Bertz CT molecular complexity index is 1230. The molecule has 7 heteroatoms. The number of ether oxygens (including phenoxy) is 3. The van der Waals surface area contributed by atoms with Crippen molar-refractivity contribution < 1.29 is 19.0 Å². The molecule has 2 aromatic heterocycles. The Morgan fingerprint density at radius 3 is 2.75 bits per heavy atom. The van der Waals surface area contributed by atoms with Crippen molar-refractivity contribution in [1.29, 1.82) is 0 Å². The number of pyridine rings is 1. The van der Waals surface area contributed by atoms with Gasteiger partial charge in [-0.15, -0.1) is 0 Å². The van der Waals surface area contributed by atoms with E-state index in [9.17, 15) is 4.79 Å². The van der Waals surface area contributed by atoms with Crippen molar-refractivity contribution in [3.8, 4) is 17.2 Å². The van der Waals surface area contributed by atoms with Crippen molar-refractivity contribution >= 4 is 23.3 Å². The molecule has 162 valence electrons. The van der Waals surface area contributed by atoms with Crippen LogP contribution in [0.3, 0.4) is 0 Å². The quantitative estimate of drug-likeness (QED) is 0.415. The van der Waals surface area contributed by atoms with E-state index in [4.69, 9.17) is 14.2 Å². The summed E-state index contributed by atoms with van der Waals surface area (Å²) in [6, 6.07) is 18.5. The Balaban J connectivity index is 1.39. The lowest BCUT2D eigenvalue weighted by Gasteiger charge is -2.08. The summed E-state index contributed by atoms with van der Waals surface area (Å²) in [6.07, 6.45) is 7.00. The summed E-state index contributed by atoms with van der Waals surface area (Å²) >= 11 is 0. The monoisotopic (exact) mass is 429 g/mol. The fraction of sp³-hybridized carbons (Fsp3) is 0.120. The van der Waals surface area contributed by atoms with Crippen molar-refractivity contribution in [3.05, 3.63) is 90.4 Å². The van der Waals surface area contributed by atoms with Gasteiger partial charge in [0.15, 0.2) is 0 Å². The van der Waals surface area contributed by atoms with Gasteiger partial charge in [-0.25, -0.2) is 4.98 Å². The van der Waals surface area contributed by atoms with E-state index in [1.54, 1.807) is 50.6 Å². The minimum absolute atomic E-state index is 0.271. The first-order chi connectivity index (χ1) is 15.6. The van der Waals surface area contributed by atoms with Crippen LogP contribution < -0.4 is 19.5 Å². The maximum atomic E-state index is 12.4. The number of hydrogen-bond donors (Lipinski definition) is 1. The van der Waals surface area contributed by atoms with E-state index in [-0.39, 0.29) is 5.91 Å². The molecule has 0 atom stereocenters. The van der Waals surface area contributed by atoms with Crippen LogP contribution in [0.1, 0.15) is 11.3 Å². The van der Waals surface area contributed by atoms with Gasteiger partial charge in [0.05, 0.1) is 19.9 Å². The molecular weight excluding hydrogens is 406 g/mol. The molecule has 4 rings (SSSR count). The second-order valence-electron chi connectivity index (χ2n) is 6.95. The zero-order valence-electron chi connectivity index (χ0n) is 17.8. The number of fused-ring (bicyclic) bond motifs is 1. The number of rotatable bonds is 8. The molecule has 0 aliphatic carbocycles. The van der Waals surface area contributed by atoms with Gasteiger partial charge < -0.3 is 23.9 Å². The molecule has 0 radical (unpaired) electrons. The summed E-state index contributed by atoms with van der Waals surface area (Å²) in [6.45, 7) is 0.328. The minimum Gasteiger partial charge on any atom is -0.497 e. The summed E-state index contributed by atoms with van der Waals surface area (Å²) in [5.41, 5.74) is 3.06. The molecule has 4 aromatic rings. The molecule has 2 heterocycles. The maximum Gasteiger partial charge on any atom is 0.248 e. The van der Waals surface area contributed by atoms with Crippen molar-refractivity contribution in [3.63, 3.8) is 0 Å². The molecule has 7 nitrogen and oxygen atoms in total. The molecule has 32 heavy (non-hydrogen) atoms. The summed E-state index contributed by atoms with van der Waals surface area (Å²) in [5, 5.41) is 2.84. The third-order valence-corrected chi connectivity index (χ3v) is 4.75. The SMILES string of the molecule is COc1ccc(OC)c(/C=C/C(=O)Nc2cccc(OCc3cn4ccccc4n3)c2)c1. The minimum atomic E-state index is -0.271. The molecule has 0 saturated heterocycles. The zero-order chi connectivity index (χ0) is 22.3. The van der Waals surface area contributed by atoms with Crippen LogP contribution >= 0.6 is 0 Å². The molecule has 0 saturated carbocycles. The van der Waals surface area contributed by atoms with E-state index in [1.165, 1.54) is 6.08 Å². The lowest BCUT2D eigenvalue weighted by Crippen LogP contribution is -2.08. The molecule has 0 aliphatic heterocycles. The molecular formula is C25H23N3O4. The number of benzene rings is 2. The molecule has 0 aliphatic rings. The third kappa shape index (κ3) is 5.07. The molecule has 0 unspecified atom stereocenters. The molecule has 0 bridgehead atoms. The molecule has 1 N–H and O–H groups in total. The summed E-state index contributed by atoms with van der Waals surface area (Å²) < 4.78 is 18.4. The molecule has 2 aromatic carbocycles. The highest BCUT2D eigenvalue weighted by Gasteiger charge is 2.06. The van der Waals surface area contributed by atoms with E-state index in [2.05, 4.69) is 10.3 Å². The van der Waals surface area contributed by atoms with Crippen molar-refractivity contribution in [2.45, 2.75) is 6.61 Å². The summed E-state index contributed by atoms with van der Waals surface area (Å²) in [5.74, 6) is 1.70. The van der Waals surface area contributed by atoms with Crippen LogP contribution in [0.15, 0.2) is 79.1 Å². The van der Waals surface area contributed by atoms with Gasteiger partial charge in [0, 0.05) is 35.8 Å². The number of amides is 1. The first kappa shape index (κ1) is 21.0. The van der Waals surface area contributed by atoms with Gasteiger partial charge >= 0.3 is 0 Å². The zero-order valence-corrected chi connectivity index (χ0v) is 17.8. The lowest BCUT2D eigenvalue weighted by atomic mass is 10.1. The standard InChI is InChI=1S/C25H23N3O4/c1-30-21-10-11-23(31-2)18(14-21)9-12-25(29)27-19-6-5-7-22(15-19)32-17-20-16-28-13-4-3-8-24(28)26-20/h3-16H,17H2,1-2H3,(H,27,29)/b12-9+. The van der Waals surface area contributed by atoms with Crippen molar-refractivity contribution in [2.75, 3.05) is 19.5 Å². The Labute approximate surface area is 185 Å². The third-order valence-electron chi connectivity index (χ3n) is 4.75. The maximum absolute atomic E-state index is 12.4. The van der Waals surface area contributed by atoms with Crippen molar-refractivity contribution in [1.82, 2.24) is 9.38 Å². The van der Waals surface area contributed by atoms with Crippen LogP contribution in [0.25, 0.3) is 11.7 Å². The van der Waals surface area contributed by atoms with Crippen LogP contribution in [0.4, 0.5) is 5.69 Å². The van der Waals surface area contributed by atoms with Gasteiger partial charge in [0.1, 0.15) is 29.5 Å². The van der Waals surface area contributed by atoms with Crippen LogP contribution in [0, 0.1) is 0 Å². The van der Waals surface area contributed by atoms with Gasteiger partial charge in [-0.3, -0.25) is 4.79 Å². The number of nitrogens with one attached hydrogen (secondary N) is 1. The number of carbonyl (C=O) groups excluding carboxylic acids is 1. The van der Waals surface area contributed by atoms with Gasteiger partial charge in [-0.1, -0.05) is 12.1 Å². The molecule has 0 fully saturated rings. The predicted molar refractivity (Wildman–Crippen MR) is 123 cm³/mol. The predicted octanol–water partition coefficient (Wildman–Crippen LogP) is 4.58. The molecule has 1 amide bonds. The number of hydrogen-bond acceptors (Lipinski definition) is 5. The van der Waals surface area contributed by atoms with Crippen LogP contribution in [0.2, 0.25) is 0 Å². The number of imidazole rings is 1. The van der Waals surface area contributed by atoms with E-state index < -0.39 is 0 Å². The van der Waals surface area contributed by atoms with Crippen LogP contribution in [0.5, 0.6) is 17.2 Å². The number of aromatic nitrogens is 2. The second kappa shape index (κ2) is 9.70. The first-order valence-corrected chi connectivity index (χ1v) is 10.0. The fourth-order valence-electron chi connectivity index (χ4n) is 3.20. The Hall–Kier alpha value is -4.26. The Kier molecular flexibility index (Phi) is 6.36. The number of methoxy groups -OCH3 is 2. The van der Waals surface area contributed by atoms with Gasteiger partial charge in [-0.05, 0) is 48.5 Å². The largest absolute Gasteiger partial charge is 0.497 e. The van der Waals surface area contributed by atoms with Crippen LogP contribution in [-0.4, -0.2) is 29.5 Å². The lowest BCUT2D eigenvalue weighted by molar-refractivity contribution is -0.111. The molecule has 0 spiro atoms. The van der Waals surface area contributed by atoms with Crippen molar-refractivity contribution in [2.24, 2.45) is 0 Å². The Morgan fingerprint density at radius 1 is 1.03 bits per heavy atom. The van der Waals surface area contributed by atoms with E-state index in [1.807, 2.05) is 47.1 Å². The van der Waals surface area contributed by atoms with E-state index in [0.717, 1.165) is 16.9 Å². The normalized spacial score (nSPS) is 10.9. The average Bonchev–Trinajstić information content (AvgIpc) is 3.24. The van der Waals surface area contributed by atoms with E-state index >= 15 is 0 Å². The highest BCUT2D eigenvalue weighted by atomic mass is 16.5. The topological polar surface area (TPSA) is 74.1 Å². The summed E-state index contributed by atoms with van der Waals surface area (Å²) in [7, 11) is 3.17. The fourth-order valence-corrected chi connectivity index (χ4v) is 3.20. The second-order valence-corrected chi connectivity index (χ2v) is 6.95. The smallest absolute Gasteiger partial charge is 0.248 e. The first-order valence-electron chi connectivity index (χ1n) is 10.0. The van der Waals surface area contributed by atoms with Crippen LogP contribution in [-0.2, 0) is 11.4 Å². The Morgan fingerprint density at radius 2 is 1.94 bits per heavy atom. The highest BCUT2D eigenvalue weighted by Crippen LogP contribution is 2.25. The number of nitrogens with zero attached hydrogens (tertiary/aromatic N) is 2. The average molecular weight is 429 g/mol. The number of carbonyl (C=O) groups is 1. The summed E-state index contributed by atoms with van der Waals surface area (Å²) in [4.78, 5) is 16.9. The van der Waals surface area contributed by atoms with E-state index in [0.29, 0.717) is 29.5 Å². The highest BCUT2D eigenvalue weighted by molar-refractivity contribution is 6.02. The number of anilines is 1. The van der Waals surface area contributed by atoms with Gasteiger partial charge in [0.25, 0.3) is 0 Å². The van der Waals surface area contributed by atoms with Gasteiger partial charge in [-0.2, -0.15) is 0 Å². The van der Waals surface area contributed by atoms with Gasteiger partial charge in [0.2, 0.25) is 5.91 Å².